The lowest BCUT2D eigenvalue weighted by atomic mass is 9.95. The number of benzene rings is 1. The van der Waals surface area contributed by atoms with Gasteiger partial charge < -0.3 is 14.8 Å². The molecule has 1 N–H and O–H groups in total. The predicted octanol–water partition coefficient (Wildman–Crippen LogP) is 3.84. The highest BCUT2D eigenvalue weighted by molar-refractivity contribution is 9.11. The Morgan fingerprint density at radius 2 is 1.72 bits per heavy atom. The molecule has 0 spiro atoms. The van der Waals surface area contributed by atoms with Crippen molar-refractivity contribution in [3.05, 3.63) is 21.1 Å². The lowest BCUT2D eigenvalue weighted by molar-refractivity contribution is 0.178. The quantitative estimate of drug-likeness (QED) is 0.813. The van der Waals surface area contributed by atoms with Gasteiger partial charge in [-0.3, -0.25) is 0 Å². The van der Waals surface area contributed by atoms with Gasteiger partial charge >= 0.3 is 0 Å². The zero-order valence-electron chi connectivity index (χ0n) is 11.1. The van der Waals surface area contributed by atoms with Crippen molar-refractivity contribution in [2.45, 2.75) is 13.8 Å². The monoisotopic (exact) mass is 379 g/mol. The van der Waals surface area contributed by atoms with Crippen LogP contribution < -0.4 is 14.8 Å². The molecule has 3 nitrogen and oxygen atoms in total. The SMILES string of the molecule is CNCC(C)(C)COc1cc(Br)c(OC)cc1Br. The Balaban J connectivity index is 2.77. The lowest BCUT2D eigenvalue weighted by Crippen LogP contribution is -2.32. The van der Waals surface area contributed by atoms with Crippen molar-refractivity contribution in [3.63, 3.8) is 0 Å². The van der Waals surface area contributed by atoms with Crippen LogP contribution >= 0.6 is 31.9 Å². The molecule has 1 aromatic rings. The molecule has 0 saturated carbocycles. The summed E-state index contributed by atoms with van der Waals surface area (Å²) in [5.41, 5.74) is 0.0839. The number of ether oxygens (including phenoxy) is 2. The molecule has 1 rings (SSSR count). The maximum absolute atomic E-state index is 5.86. The fourth-order valence-electron chi connectivity index (χ4n) is 1.58. The van der Waals surface area contributed by atoms with Crippen LogP contribution in [0.1, 0.15) is 13.8 Å². The molecule has 5 heteroatoms. The van der Waals surface area contributed by atoms with Crippen LogP contribution in [0, 0.1) is 5.41 Å². The Labute approximate surface area is 125 Å². The van der Waals surface area contributed by atoms with Crippen LogP contribution in [0.25, 0.3) is 0 Å². The van der Waals surface area contributed by atoms with Crippen LogP contribution in [0.4, 0.5) is 0 Å². The molecule has 0 aliphatic rings. The number of hydrogen-bond acceptors (Lipinski definition) is 3. The zero-order chi connectivity index (χ0) is 13.8. The maximum Gasteiger partial charge on any atom is 0.134 e. The number of halogens is 2. The Kier molecular flexibility index (Phi) is 5.95. The van der Waals surface area contributed by atoms with Crippen LogP contribution in [0.3, 0.4) is 0 Å². The van der Waals surface area contributed by atoms with Gasteiger partial charge in [0, 0.05) is 12.0 Å². The second kappa shape index (κ2) is 6.78. The molecule has 0 atom stereocenters. The Morgan fingerprint density at radius 1 is 1.17 bits per heavy atom. The normalized spacial score (nSPS) is 11.4. The van der Waals surface area contributed by atoms with E-state index in [-0.39, 0.29) is 5.41 Å². The number of nitrogens with one attached hydrogen (secondary N) is 1. The highest BCUT2D eigenvalue weighted by Gasteiger charge is 2.19. The van der Waals surface area contributed by atoms with E-state index in [9.17, 15) is 0 Å². The van der Waals surface area contributed by atoms with Crippen molar-refractivity contribution in [2.24, 2.45) is 5.41 Å². The van der Waals surface area contributed by atoms with E-state index in [1.165, 1.54) is 0 Å². The summed E-state index contributed by atoms with van der Waals surface area (Å²) < 4.78 is 12.9. The van der Waals surface area contributed by atoms with Gasteiger partial charge in [0.1, 0.15) is 11.5 Å². The largest absolute Gasteiger partial charge is 0.496 e. The number of rotatable bonds is 6. The van der Waals surface area contributed by atoms with Crippen LogP contribution in [-0.4, -0.2) is 27.3 Å². The zero-order valence-corrected chi connectivity index (χ0v) is 14.3. The summed E-state index contributed by atoms with van der Waals surface area (Å²) >= 11 is 6.94. The third-order valence-electron chi connectivity index (χ3n) is 2.48. The molecule has 0 fully saturated rings. The predicted molar refractivity (Wildman–Crippen MR) is 81.6 cm³/mol. The van der Waals surface area contributed by atoms with E-state index in [0.29, 0.717) is 6.61 Å². The average Bonchev–Trinajstić information content (AvgIpc) is 2.29. The fraction of sp³-hybridized carbons (Fsp3) is 0.538. The molecule has 18 heavy (non-hydrogen) atoms. The minimum Gasteiger partial charge on any atom is -0.496 e. The summed E-state index contributed by atoms with van der Waals surface area (Å²) in [6.45, 7) is 5.87. The molecule has 0 radical (unpaired) electrons. The van der Waals surface area contributed by atoms with Gasteiger partial charge in [0.25, 0.3) is 0 Å². The number of methoxy groups -OCH3 is 1. The van der Waals surface area contributed by atoms with E-state index in [2.05, 4.69) is 51.0 Å². The van der Waals surface area contributed by atoms with Gasteiger partial charge in [-0.15, -0.1) is 0 Å². The topological polar surface area (TPSA) is 30.5 Å². The first-order valence-electron chi connectivity index (χ1n) is 5.70. The van der Waals surface area contributed by atoms with Gasteiger partial charge in [-0.1, -0.05) is 13.8 Å². The van der Waals surface area contributed by atoms with Crippen molar-refractivity contribution >= 4 is 31.9 Å². The second-order valence-electron chi connectivity index (χ2n) is 4.90. The Hall–Kier alpha value is -0.260. The minimum atomic E-state index is 0.0839. The van der Waals surface area contributed by atoms with E-state index in [0.717, 1.165) is 27.0 Å². The van der Waals surface area contributed by atoms with Crippen LogP contribution in [0.15, 0.2) is 21.1 Å². The van der Waals surface area contributed by atoms with Gasteiger partial charge in [-0.05, 0) is 51.0 Å². The van der Waals surface area contributed by atoms with Crippen LogP contribution in [-0.2, 0) is 0 Å². The summed E-state index contributed by atoms with van der Waals surface area (Å²) in [5, 5.41) is 3.17. The van der Waals surface area contributed by atoms with E-state index < -0.39 is 0 Å². The highest BCUT2D eigenvalue weighted by Crippen LogP contribution is 2.36. The molecule has 0 aliphatic carbocycles. The van der Waals surface area contributed by atoms with Crippen molar-refractivity contribution < 1.29 is 9.47 Å². The van der Waals surface area contributed by atoms with Crippen molar-refractivity contribution in [3.8, 4) is 11.5 Å². The molecular formula is C13H19Br2NO2. The minimum absolute atomic E-state index is 0.0839. The van der Waals surface area contributed by atoms with Gasteiger partial charge in [-0.2, -0.15) is 0 Å². The van der Waals surface area contributed by atoms with Crippen molar-refractivity contribution in [1.29, 1.82) is 0 Å². The molecule has 0 unspecified atom stereocenters. The first kappa shape index (κ1) is 15.8. The van der Waals surface area contributed by atoms with Gasteiger partial charge in [0.15, 0.2) is 0 Å². The first-order chi connectivity index (χ1) is 8.39. The summed E-state index contributed by atoms with van der Waals surface area (Å²) in [7, 11) is 3.59. The molecule has 0 heterocycles. The Morgan fingerprint density at radius 3 is 2.28 bits per heavy atom. The molecular weight excluding hydrogens is 362 g/mol. The number of hydrogen-bond donors (Lipinski definition) is 1. The van der Waals surface area contributed by atoms with E-state index >= 15 is 0 Å². The summed E-state index contributed by atoms with van der Waals surface area (Å²) in [5.74, 6) is 1.59. The van der Waals surface area contributed by atoms with E-state index in [1.807, 2.05) is 19.2 Å². The molecule has 1 aromatic carbocycles. The second-order valence-corrected chi connectivity index (χ2v) is 6.61. The molecule has 0 bridgehead atoms. The molecule has 0 saturated heterocycles. The fourth-order valence-corrected chi connectivity index (χ4v) is 2.50. The third kappa shape index (κ3) is 4.44. The van der Waals surface area contributed by atoms with Gasteiger partial charge in [0.05, 0.1) is 22.7 Å². The van der Waals surface area contributed by atoms with Gasteiger partial charge in [0.2, 0.25) is 0 Å². The first-order valence-corrected chi connectivity index (χ1v) is 7.28. The summed E-state index contributed by atoms with van der Waals surface area (Å²) in [6, 6.07) is 3.81. The highest BCUT2D eigenvalue weighted by atomic mass is 79.9. The summed E-state index contributed by atoms with van der Waals surface area (Å²) in [4.78, 5) is 0. The molecule has 0 aliphatic heterocycles. The molecule has 0 amide bonds. The van der Waals surface area contributed by atoms with E-state index in [4.69, 9.17) is 9.47 Å². The third-order valence-corrected chi connectivity index (χ3v) is 3.72. The smallest absolute Gasteiger partial charge is 0.134 e. The van der Waals surface area contributed by atoms with Gasteiger partial charge in [-0.25, -0.2) is 0 Å². The Bertz CT molecular complexity index is 408. The standard InChI is InChI=1S/C13H19Br2NO2/c1-13(2,7-16-3)8-18-12-6-9(14)11(17-4)5-10(12)15/h5-6,16H,7-8H2,1-4H3. The van der Waals surface area contributed by atoms with Crippen molar-refractivity contribution in [1.82, 2.24) is 5.32 Å². The molecule has 0 aromatic heterocycles. The van der Waals surface area contributed by atoms with Crippen LogP contribution in [0.2, 0.25) is 0 Å². The van der Waals surface area contributed by atoms with Crippen LogP contribution in [0.5, 0.6) is 11.5 Å². The van der Waals surface area contributed by atoms with Crippen molar-refractivity contribution in [2.75, 3.05) is 27.3 Å². The molecule has 102 valence electrons. The lowest BCUT2D eigenvalue weighted by Gasteiger charge is -2.24. The summed E-state index contributed by atoms with van der Waals surface area (Å²) in [6.07, 6.45) is 0. The van der Waals surface area contributed by atoms with E-state index in [1.54, 1.807) is 7.11 Å². The maximum atomic E-state index is 5.86. The average molecular weight is 381 g/mol.